The zero-order valence-electron chi connectivity index (χ0n) is 14.3. The summed E-state index contributed by atoms with van der Waals surface area (Å²) in [5.41, 5.74) is 1.30. The summed E-state index contributed by atoms with van der Waals surface area (Å²) in [6, 6.07) is 0.487. The monoisotopic (exact) mass is 314 g/mol. The molecule has 1 heterocycles. The summed E-state index contributed by atoms with van der Waals surface area (Å²) in [6.07, 6.45) is 0.874. The van der Waals surface area contributed by atoms with Crippen LogP contribution in [0.4, 0.5) is 0 Å². The minimum Gasteiger partial charge on any atom is -0.382 e. The van der Waals surface area contributed by atoms with E-state index in [1.807, 2.05) is 11.3 Å². The number of hydrogen-bond donors (Lipinski definition) is 1. The fraction of sp³-hybridized carbons (Fsp3) is 0.812. The Hall–Kier alpha value is -0.490. The van der Waals surface area contributed by atoms with Crippen molar-refractivity contribution in [1.82, 2.24) is 10.3 Å². The van der Waals surface area contributed by atoms with Crippen molar-refractivity contribution in [3.63, 3.8) is 0 Å². The van der Waals surface area contributed by atoms with Gasteiger partial charge in [-0.2, -0.15) is 0 Å². The van der Waals surface area contributed by atoms with Crippen LogP contribution in [0.5, 0.6) is 0 Å². The van der Waals surface area contributed by atoms with Crippen molar-refractivity contribution >= 4 is 11.3 Å². The van der Waals surface area contributed by atoms with Gasteiger partial charge < -0.3 is 14.8 Å². The summed E-state index contributed by atoms with van der Waals surface area (Å²) < 4.78 is 10.5. The maximum atomic E-state index is 5.54. The highest BCUT2D eigenvalue weighted by Gasteiger charge is 2.23. The molecule has 0 aliphatic carbocycles. The van der Waals surface area contributed by atoms with Gasteiger partial charge in [0.25, 0.3) is 0 Å². The largest absolute Gasteiger partial charge is 0.382 e. The molecule has 0 radical (unpaired) electrons. The second-order valence-corrected chi connectivity index (χ2v) is 7.69. The number of methoxy groups -OCH3 is 1. The van der Waals surface area contributed by atoms with Crippen LogP contribution >= 0.6 is 11.3 Å². The Balaban J connectivity index is 2.64. The lowest BCUT2D eigenvalue weighted by Crippen LogP contribution is -2.23. The molecular weight excluding hydrogens is 284 g/mol. The lowest BCUT2D eigenvalue weighted by molar-refractivity contribution is 0.0722. The maximum Gasteiger partial charge on any atom is 0.0954 e. The highest BCUT2D eigenvalue weighted by Crippen LogP contribution is 2.30. The molecule has 5 heteroatoms. The van der Waals surface area contributed by atoms with Crippen LogP contribution in [0.25, 0.3) is 0 Å². The third-order valence-electron chi connectivity index (χ3n) is 3.01. The Morgan fingerprint density at radius 2 is 1.90 bits per heavy atom. The molecule has 0 spiro atoms. The summed E-state index contributed by atoms with van der Waals surface area (Å²) >= 11 is 1.81. The summed E-state index contributed by atoms with van der Waals surface area (Å²) in [7, 11) is 1.69. The number of thiazole rings is 1. The van der Waals surface area contributed by atoms with E-state index in [0.717, 1.165) is 18.0 Å². The molecule has 1 aromatic heterocycles. The third-order valence-corrected chi connectivity index (χ3v) is 4.13. The Bertz CT molecular complexity index is 411. The molecule has 0 saturated carbocycles. The molecule has 0 fully saturated rings. The molecule has 0 aliphatic heterocycles. The Morgan fingerprint density at radius 3 is 2.48 bits per heavy atom. The molecule has 1 aromatic rings. The first-order chi connectivity index (χ1) is 9.84. The Kier molecular flexibility index (Phi) is 7.81. The van der Waals surface area contributed by atoms with Crippen molar-refractivity contribution < 1.29 is 9.47 Å². The van der Waals surface area contributed by atoms with E-state index in [0.29, 0.717) is 25.9 Å². The molecule has 122 valence electrons. The lowest BCUT2D eigenvalue weighted by atomic mass is 9.91. The zero-order valence-corrected chi connectivity index (χ0v) is 15.1. The summed E-state index contributed by atoms with van der Waals surface area (Å²) in [5.74, 6) is 0. The van der Waals surface area contributed by atoms with E-state index in [9.17, 15) is 0 Å². The van der Waals surface area contributed by atoms with Gasteiger partial charge in [-0.3, -0.25) is 0 Å². The molecule has 0 aliphatic rings. The van der Waals surface area contributed by atoms with Crippen molar-refractivity contribution in [3.05, 3.63) is 15.6 Å². The van der Waals surface area contributed by atoms with E-state index in [4.69, 9.17) is 14.5 Å². The number of nitrogens with one attached hydrogen (secondary N) is 1. The number of hydrogen-bond acceptors (Lipinski definition) is 5. The third kappa shape index (κ3) is 6.87. The number of aromatic nitrogens is 1. The molecule has 0 atom stereocenters. The molecule has 21 heavy (non-hydrogen) atoms. The van der Waals surface area contributed by atoms with Crippen molar-refractivity contribution in [3.8, 4) is 0 Å². The normalized spacial score (nSPS) is 12.3. The Labute approximate surface area is 133 Å². The van der Waals surface area contributed by atoms with E-state index < -0.39 is 0 Å². The molecule has 0 aromatic carbocycles. The first-order valence-corrected chi connectivity index (χ1v) is 8.45. The SMILES string of the molecule is COCCOCCc1nc(C(C)(C)C)c(CNC(C)C)s1. The van der Waals surface area contributed by atoms with Crippen LogP contribution < -0.4 is 5.32 Å². The molecule has 0 amide bonds. The predicted molar refractivity (Wildman–Crippen MR) is 89.2 cm³/mol. The summed E-state index contributed by atoms with van der Waals surface area (Å²) in [5, 5.41) is 4.66. The van der Waals surface area contributed by atoms with Crippen molar-refractivity contribution in [2.75, 3.05) is 26.9 Å². The van der Waals surface area contributed by atoms with E-state index >= 15 is 0 Å². The van der Waals surface area contributed by atoms with E-state index in [-0.39, 0.29) is 5.41 Å². The fourth-order valence-electron chi connectivity index (χ4n) is 1.91. The van der Waals surface area contributed by atoms with Gasteiger partial charge in [0.05, 0.1) is 30.5 Å². The predicted octanol–water partition coefficient (Wildman–Crippen LogP) is 3.14. The topological polar surface area (TPSA) is 43.4 Å². The first-order valence-electron chi connectivity index (χ1n) is 7.63. The average Bonchev–Trinajstić information content (AvgIpc) is 2.79. The van der Waals surface area contributed by atoms with Crippen LogP contribution in [0.3, 0.4) is 0 Å². The van der Waals surface area contributed by atoms with Crippen molar-refractivity contribution in [2.45, 2.75) is 59.0 Å². The molecule has 1 N–H and O–H groups in total. The van der Waals surface area contributed by atoms with Gasteiger partial charge in [-0.25, -0.2) is 4.98 Å². The minimum absolute atomic E-state index is 0.0830. The van der Waals surface area contributed by atoms with Gasteiger partial charge in [-0.05, 0) is 0 Å². The average molecular weight is 314 g/mol. The van der Waals surface area contributed by atoms with Gasteiger partial charge in [-0.15, -0.1) is 11.3 Å². The highest BCUT2D eigenvalue weighted by atomic mass is 32.1. The summed E-state index contributed by atoms with van der Waals surface area (Å²) in [6.45, 7) is 13.9. The first kappa shape index (κ1) is 18.6. The number of rotatable bonds is 9. The second kappa shape index (κ2) is 8.83. The molecule has 0 saturated heterocycles. The number of nitrogens with zero attached hydrogens (tertiary/aromatic N) is 1. The fourth-order valence-corrected chi connectivity index (χ4v) is 3.12. The smallest absolute Gasteiger partial charge is 0.0954 e. The van der Waals surface area contributed by atoms with Crippen molar-refractivity contribution in [2.24, 2.45) is 0 Å². The molecular formula is C16H30N2O2S. The van der Waals surface area contributed by atoms with Crippen molar-refractivity contribution in [1.29, 1.82) is 0 Å². The van der Waals surface area contributed by atoms with Gasteiger partial charge >= 0.3 is 0 Å². The van der Waals surface area contributed by atoms with Crippen LogP contribution in [0.1, 0.15) is 50.2 Å². The Morgan fingerprint density at radius 1 is 1.19 bits per heavy atom. The quantitative estimate of drug-likeness (QED) is 0.711. The second-order valence-electron chi connectivity index (χ2n) is 6.52. The lowest BCUT2D eigenvalue weighted by Gasteiger charge is -2.18. The molecule has 0 bridgehead atoms. The summed E-state index contributed by atoms with van der Waals surface area (Å²) in [4.78, 5) is 6.19. The van der Waals surface area contributed by atoms with Crippen LogP contribution in [-0.2, 0) is 27.9 Å². The molecule has 1 rings (SSSR count). The van der Waals surface area contributed by atoms with E-state index in [1.165, 1.54) is 10.6 Å². The standard InChI is InChI=1S/C16H30N2O2S/c1-12(2)17-11-13-15(16(3,4)5)18-14(21-13)7-8-20-10-9-19-6/h12,17H,7-11H2,1-6H3. The van der Waals surface area contributed by atoms with Gasteiger partial charge in [0, 0.05) is 36.4 Å². The van der Waals surface area contributed by atoms with Crippen LogP contribution in [0.15, 0.2) is 0 Å². The highest BCUT2D eigenvalue weighted by molar-refractivity contribution is 7.11. The van der Waals surface area contributed by atoms with Crippen LogP contribution in [0.2, 0.25) is 0 Å². The van der Waals surface area contributed by atoms with Gasteiger partial charge in [0.1, 0.15) is 0 Å². The van der Waals surface area contributed by atoms with Gasteiger partial charge in [-0.1, -0.05) is 34.6 Å². The maximum absolute atomic E-state index is 5.54. The minimum atomic E-state index is 0.0830. The van der Waals surface area contributed by atoms with Crippen LogP contribution in [-0.4, -0.2) is 38.0 Å². The molecule has 4 nitrogen and oxygen atoms in total. The van der Waals surface area contributed by atoms with E-state index in [1.54, 1.807) is 7.11 Å². The van der Waals surface area contributed by atoms with E-state index in [2.05, 4.69) is 39.9 Å². The molecule has 0 unspecified atom stereocenters. The zero-order chi connectivity index (χ0) is 15.9. The van der Waals surface area contributed by atoms with Gasteiger partial charge in [0.15, 0.2) is 0 Å². The van der Waals surface area contributed by atoms with Crippen LogP contribution in [0, 0.1) is 0 Å². The number of ether oxygens (including phenoxy) is 2. The van der Waals surface area contributed by atoms with Gasteiger partial charge in [0.2, 0.25) is 0 Å².